The summed E-state index contributed by atoms with van der Waals surface area (Å²) in [4.78, 5) is 0. The van der Waals surface area contributed by atoms with E-state index in [4.69, 9.17) is 0 Å². The molecular weight excluding hydrogens is 206 g/mol. The van der Waals surface area contributed by atoms with Gasteiger partial charge in [0.25, 0.3) is 0 Å². The molecule has 0 fully saturated rings. The first-order valence-electron chi connectivity index (χ1n) is 7.13. The van der Waals surface area contributed by atoms with Crippen molar-refractivity contribution in [1.82, 2.24) is 0 Å². The Labute approximate surface area is 109 Å². The number of allylic oxidation sites excluding steroid dienone is 3. The fraction of sp³-hybridized carbons (Fsp3) is 0.750. The van der Waals surface area contributed by atoms with Gasteiger partial charge in [-0.25, -0.2) is 0 Å². The zero-order valence-electron chi connectivity index (χ0n) is 12.8. The van der Waals surface area contributed by atoms with E-state index < -0.39 is 0 Å². The third-order valence-corrected chi connectivity index (χ3v) is 3.93. The summed E-state index contributed by atoms with van der Waals surface area (Å²) < 4.78 is 1.22. The summed E-state index contributed by atoms with van der Waals surface area (Å²) in [7, 11) is 0. The largest absolute Gasteiger partial charge is 0.321 e. The van der Waals surface area contributed by atoms with Gasteiger partial charge in [-0.05, 0) is 60.5 Å². The van der Waals surface area contributed by atoms with Crippen molar-refractivity contribution in [2.24, 2.45) is 0 Å². The quantitative estimate of drug-likeness (QED) is 0.430. The standard InChI is InChI=1S/C16H32N/c1-7-17(8-2,9-3)14-13-16(6)12-10-11-15(4)5/h11,13H,7-10,12,14H2,1-6H3/q+1. The molecule has 0 saturated heterocycles. The number of likely N-dealkylation sites (N-methyl/N-ethyl adjacent to an activating group) is 1. The monoisotopic (exact) mass is 238 g/mol. The summed E-state index contributed by atoms with van der Waals surface area (Å²) in [5.41, 5.74) is 2.97. The normalized spacial score (nSPS) is 12.7. The van der Waals surface area contributed by atoms with Crippen molar-refractivity contribution >= 4 is 0 Å². The Hall–Kier alpha value is -0.560. The van der Waals surface area contributed by atoms with Crippen molar-refractivity contribution in [2.75, 3.05) is 26.2 Å². The fourth-order valence-corrected chi connectivity index (χ4v) is 2.10. The number of hydrogen-bond acceptors (Lipinski definition) is 0. The lowest BCUT2D eigenvalue weighted by molar-refractivity contribution is -0.917. The first-order valence-corrected chi connectivity index (χ1v) is 7.13. The Kier molecular flexibility index (Phi) is 8.24. The van der Waals surface area contributed by atoms with Gasteiger partial charge in [0.1, 0.15) is 0 Å². The Morgan fingerprint density at radius 2 is 1.41 bits per heavy atom. The van der Waals surface area contributed by atoms with Gasteiger partial charge in [0, 0.05) is 0 Å². The lowest BCUT2D eigenvalue weighted by atomic mass is 10.1. The summed E-state index contributed by atoms with van der Waals surface area (Å²) in [6.07, 6.45) is 7.19. The molecule has 0 bridgehead atoms. The van der Waals surface area contributed by atoms with E-state index in [-0.39, 0.29) is 0 Å². The van der Waals surface area contributed by atoms with Crippen LogP contribution in [0, 0.1) is 0 Å². The van der Waals surface area contributed by atoms with E-state index in [0.29, 0.717) is 0 Å². The van der Waals surface area contributed by atoms with Crippen LogP contribution in [0.25, 0.3) is 0 Å². The smallest absolute Gasteiger partial charge is 0.0976 e. The van der Waals surface area contributed by atoms with Crippen molar-refractivity contribution in [3.8, 4) is 0 Å². The average Bonchev–Trinajstić information content (AvgIpc) is 2.31. The molecule has 0 saturated carbocycles. The Bertz CT molecular complexity index is 244. The predicted octanol–water partition coefficient (Wildman–Crippen LogP) is 4.56. The van der Waals surface area contributed by atoms with Crippen molar-refractivity contribution in [2.45, 2.75) is 54.4 Å². The maximum Gasteiger partial charge on any atom is 0.0976 e. The van der Waals surface area contributed by atoms with Crippen LogP contribution in [0.15, 0.2) is 23.3 Å². The van der Waals surface area contributed by atoms with E-state index in [2.05, 4.69) is 53.7 Å². The van der Waals surface area contributed by atoms with Crippen LogP contribution >= 0.6 is 0 Å². The van der Waals surface area contributed by atoms with Crippen LogP contribution in [-0.4, -0.2) is 30.7 Å². The van der Waals surface area contributed by atoms with E-state index in [0.717, 1.165) is 0 Å². The van der Waals surface area contributed by atoms with Crippen LogP contribution in [0.1, 0.15) is 54.4 Å². The Balaban J connectivity index is 4.25. The number of nitrogens with zero attached hydrogens (tertiary/aromatic N) is 1. The van der Waals surface area contributed by atoms with Crippen molar-refractivity contribution in [3.05, 3.63) is 23.3 Å². The highest BCUT2D eigenvalue weighted by Crippen LogP contribution is 2.11. The summed E-state index contributed by atoms with van der Waals surface area (Å²) in [6, 6.07) is 0. The van der Waals surface area contributed by atoms with Gasteiger partial charge in [-0.2, -0.15) is 0 Å². The maximum atomic E-state index is 2.45. The topological polar surface area (TPSA) is 0 Å². The molecule has 0 radical (unpaired) electrons. The van der Waals surface area contributed by atoms with Crippen molar-refractivity contribution < 1.29 is 4.48 Å². The van der Waals surface area contributed by atoms with Crippen molar-refractivity contribution in [3.63, 3.8) is 0 Å². The van der Waals surface area contributed by atoms with Gasteiger partial charge in [-0.1, -0.05) is 17.2 Å². The van der Waals surface area contributed by atoms with E-state index in [1.807, 2.05) is 0 Å². The minimum Gasteiger partial charge on any atom is -0.321 e. The molecule has 100 valence electrons. The number of quaternary nitrogens is 1. The second-order valence-electron chi connectivity index (χ2n) is 5.34. The molecule has 0 aliphatic heterocycles. The molecule has 1 nitrogen and oxygen atoms in total. The highest BCUT2D eigenvalue weighted by atomic mass is 15.3. The molecule has 0 heterocycles. The average molecular weight is 238 g/mol. The molecule has 0 spiro atoms. The second kappa shape index (κ2) is 8.52. The van der Waals surface area contributed by atoms with Crippen molar-refractivity contribution in [1.29, 1.82) is 0 Å². The van der Waals surface area contributed by atoms with Gasteiger partial charge in [-0.3, -0.25) is 0 Å². The molecule has 0 aromatic heterocycles. The Morgan fingerprint density at radius 3 is 1.82 bits per heavy atom. The molecule has 0 aliphatic rings. The molecular formula is C16H32N+. The molecule has 1 heteroatoms. The number of hydrogen-bond donors (Lipinski definition) is 0. The summed E-state index contributed by atoms with van der Waals surface area (Å²) in [5, 5.41) is 0. The van der Waals surface area contributed by atoms with Crippen LogP contribution in [0.3, 0.4) is 0 Å². The number of rotatable bonds is 8. The lowest BCUT2D eigenvalue weighted by Gasteiger charge is -2.34. The molecule has 0 atom stereocenters. The van der Waals surface area contributed by atoms with E-state index in [1.54, 1.807) is 5.57 Å². The van der Waals surface area contributed by atoms with Gasteiger partial charge in [0.05, 0.1) is 26.2 Å². The highest BCUT2D eigenvalue weighted by Gasteiger charge is 2.18. The SMILES string of the molecule is CC[N+](CC)(CC)CC=C(C)CCC=C(C)C. The molecule has 0 rings (SSSR count). The van der Waals surface area contributed by atoms with E-state index >= 15 is 0 Å². The molecule has 0 aromatic carbocycles. The van der Waals surface area contributed by atoms with Gasteiger partial charge < -0.3 is 4.48 Å². The first-order chi connectivity index (χ1) is 7.99. The van der Waals surface area contributed by atoms with E-state index in [1.165, 1.54) is 49.1 Å². The zero-order valence-corrected chi connectivity index (χ0v) is 12.8. The van der Waals surface area contributed by atoms with Gasteiger partial charge in [-0.15, -0.1) is 0 Å². The summed E-state index contributed by atoms with van der Waals surface area (Å²) in [6.45, 7) is 18.5. The summed E-state index contributed by atoms with van der Waals surface area (Å²) >= 11 is 0. The molecule has 0 N–H and O–H groups in total. The highest BCUT2D eigenvalue weighted by molar-refractivity contribution is 5.02. The van der Waals surface area contributed by atoms with Crippen LogP contribution < -0.4 is 0 Å². The minimum absolute atomic E-state index is 1.19. The van der Waals surface area contributed by atoms with Crippen LogP contribution in [0.4, 0.5) is 0 Å². The van der Waals surface area contributed by atoms with Gasteiger partial charge in [0.15, 0.2) is 0 Å². The van der Waals surface area contributed by atoms with Crippen LogP contribution in [0.5, 0.6) is 0 Å². The fourth-order valence-electron chi connectivity index (χ4n) is 2.10. The van der Waals surface area contributed by atoms with E-state index in [9.17, 15) is 0 Å². The third-order valence-electron chi connectivity index (χ3n) is 3.93. The lowest BCUT2D eigenvalue weighted by Crippen LogP contribution is -2.47. The van der Waals surface area contributed by atoms with Crippen LogP contribution in [-0.2, 0) is 0 Å². The Morgan fingerprint density at radius 1 is 0.882 bits per heavy atom. The first kappa shape index (κ1) is 16.4. The molecule has 0 amide bonds. The second-order valence-corrected chi connectivity index (χ2v) is 5.34. The van der Waals surface area contributed by atoms with Crippen LogP contribution in [0.2, 0.25) is 0 Å². The van der Waals surface area contributed by atoms with Gasteiger partial charge >= 0.3 is 0 Å². The molecule has 0 aromatic rings. The maximum absolute atomic E-state index is 2.45. The molecule has 17 heavy (non-hydrogen) atoms. The summed E-state index contributed by atoms with van der Waals surface area (Å²) in [5.74, 6) is 0. The predicted molar refractivity (Wildman–Crippen MR) is 79.2 cm³/mol. The van der Waals surface area contributed by atoms with Gasteiger partial charge in [0.2, 0.25) is 0 Å². The molecule has 0 aliphatic carbocycles. The molecule has 0 unspecified atom stereocenters. The zero-order chi connectivity index (χ0) is 13.3. The minimum atomic E-state index is 1.19. The third kappa shape index (κ3) is 6.68.